The Hall–Kier alpha value is -1.88. The molecule has 2 amide bonds. The van der Waals surface area contributed by atoms with Crippen LogP contribution in [0.15, 0.2) is 30.3 Å². The van der Waals surface area contributed by atoms with Gasteiger partial charge in [-0.25, -0.2) is 0 Å². The van der Waals surface area contributed by atoms with E-state index in [1.807, 2.05) is 44.2 Å². The molecule has 1 atom stereocenters. The van der Waals surface area contributed by atoms with E-state index in [4.69, 9.17) is 0 Å². The van der Waals surface area contributed by atoms with Gasteiger partial charge in [0.25, 0.3) is 0 Å². The maximum Gasteiger partial charge on any atom is 0.242 e. The fourth-order valence-electron chi connectivity index (χ4n) is 3.45. The minimum absolute atomic E-state index is 0.0494. The van der Waals surface area contributed by atoms with Crippen LogP contribution in [-0.4, -0.2) is 48.9 Å². The molecule has 5 nitrogen and oxygen atoms in total. The molecule has 150 valence electrons. The van der Waals surface area contributed by atoms with Crippen molar-refractivity contribution < 1.29 is 9.59 Å². The van der Waals surface area contributed by atoms with Crippen molar-refractivity contribution in [2.24, 2.45) is 11.8 Å². The minimum Gasteiger partial charge on any atom is -0.354 e. The smallest absolute Gasteiger partial charge is 0.242 e. The molecule has 2 rings (SSSR count). The fraction of sp³-hybridized carbons (Fsp3) is 0.636. The van der Waals surface area contributed by atoms with Crippen LogP contribution in [0.2, 0.25) is 0 Å². The second-order valence-electron chi connectivity index (χ2n) is 8.12. The first-order valence-electron chi connectivity index (χ1n) is 10.3. The Balaban J connectivity index is 1.71. The zero-order valence-corrected chi connectivity index (χ0v) is 17.0. The highest BCUT2D eigenvalue weighted by Gasteiger charge is 2.24. The van der Waals surface area contributed by atoms with Crippen LogP contribution >= 0.6 is 0 Å². The molecule has 0 bridgehead atoms. The molecular formula is C22H35N3O2. The van der Waals surface area contributed by atoms with E-state index in [1.54, 1.807) is 0 Å². The van der Waals surface area contributed by atoms with Crippen molar-refractivity contribution in [1.29, 1.82) is 0 Å². The quantitative estimate of drug-likeness (QED) is 0.654. The van der Waals surface area contributed by atoms with Gasteiger partial charge in [0, 0.05) is 6.54 Å². The Morgan fingerprint density at radius 3 is 2.44 bits per heavy atom. The second-order valence-corrected chi connectivity index (χ2v) is 8.12. The van der Waals surface area contributed by atoms with Gasteiger partial charge in [-0.2, -0.15) is 0 Å². The molecule has 1 unspecified atom stereocenters. The first-order chi connectivity index (χ1) is 13.0. The van der Waals surface area contributed by atoms with Crippen LogP contribution in [0.4, 0.5) is 0 Å². The van der Waals surface area contributed by atoms with Crippen LogP contribution in [0.5, 0.6) is 0 Å². The maximum atomic E-state index is 12.5. The molecule has 1 saturated heterocycles. The van der Waals surface area contributed by atoms with Gasteiger partial charge >= 0.3 is 0 Å². The van der Waals surface area contributed by atoms with Gasteiger partial charge < -0.3 is 15.5 Å². The van der Waals surface area contributed by atoms with E-state index in [9.17, 15) is 9.59 Å². The highest BCUT2D eigenvalue weighted by Crippen LogP contribution is 2.15. The van der Waals surface area contributed by atoms with Gasteiger partial charge in [0.2, 0.25) is 11.8 Å². The van der Waals surface area contributed by atoms with Crippen molar-refractivity contribution >= 4 is 11.8 Å². The molecule has 27 heavy (non-hydrogen) atoms. The summed E-state index contributed by atoms with van der Waals surface area (Å²) in [5.41, 5.74) is 0.953. The average molecular weight is 374 g/mol. The molecule has 0 saturated carbocycles. The summed E-state index contributed by atoms with van der Waals surface area (Å²) < 4.78 is 0. The summed E-state index contributed by atoms with van der Waals surface area (Å²) in [7, 11) is 0. The summed E-state index contributed by atoms with van der Waals surface area (Å²) in [6.07, 6.45) is 3.79. The monoisotopic (exact) mass is 373 g/mol. The van der Waals surface area contributed by atoms with Crippen LogP contribution in [0.25, 0.3) is 0 Å². The summed E-state index contributed by atoms with van der Waals surface area (Å²) in [6.45, 7) is 10.3. The highest BCUT2D eigenvalue weighted by molar-refractivity contribution is 5.88. The third kappa shape index (κ3) is 7.71. The molecule has 0 aromatic heterocycles. The van der Waals surface area contributed by atoms with Crippen molar-refractivity contribution in [2.75, 3.05) is 26.2 Å². The van der Waals surface area contributed by atoms with Crippen molar-refractivity contribution in [3.63, 3.8) is 0 Å². The van der Waals surface area contributed by atoms with Gasteiger partial charge in [0.05, 0.1) is 6.42 Å². The molecule has 1 aromatic carbocycles. The first kappa shape index (κ1) is 21.4. The molecule has 1 aliphatic heterocycles. The Bertz CT molecular complexity index is 580. The molecule has 1 fully saturated rings. The van der Waals surface area contributed by atoms with Gasteiger partial charge in [-0.3, -0.25) is 9.59 Å². The Kier molecular flexibility index (Phi) is 8.79. The fourth-order valence-corrected chi connectivity index (χ4v) is 3.45. The number of benzene rings is 1. The van der Waals surface area contributed by atoms with E-state index in [0.29, 0.717) is 13.0 Å². The number of carbonyl (C=O) groups excluding carboxylic acids is 2. The lowest BCUT2D eigenvalue weighted by molar-refractivity contribution is -0.129. The highest BCUT2D eigenvalue weighted by atomic mass is 16.2. The minimum atomic E-state index is -0.489. The average Bonchev–Trinajstić information content (AvgIpc) is 2.65. The summed E-state index contributed by atoms with van der Waals surface area (Å²) in [5, 5.41) is 5.90. The topological polar surface area (TPSA) is 61.4 Å². The second kappa shape index (κ2) is 11.1. The lowest BCUT2D eigenvalue weighted by Gasteiger charge is -2.30. The number of hydrogen-bond acceptors (Lipinski definition) is 3. The van der Waals surface area contributed by atoms with Crippen molar-refractivity contribution in [3.8, 4) is 0 Å². The van der Waals surface area contributed by atoms with E-state index in [-0.39, 0.29) is 17.7 Å². The molecule has 1 aliphatic rings. The molecule has 0 spiro atoms. The zero-order chi connectivity index (χ0) is 19.6. The summed E-state index contributed by atoms with van der Waals surface area (Å²) in [6, 6.07) is 9.11. The SMILES string of the molecule is CC1CCN(CCCNC(=O)C(NC(=O)Cc2ccccc2)C(C)C)CC1. The van der Waals surface area contributed by atoms with Gasteiger partial charge in [-0.05, 0) is 56.3 Å². The molecular weight excluding hydrogens is 338 g/mol. The number of rotatable bonds is 9. The maximum absolute atomic E-state index is 12.5. The summed E-state index contributed by atoms with van der Waals surface area (Å²) in [4.78, 5) is 27.3. The normalized spacial score (nSPS) is 16.9. The van der Waals surface area contributed by atoms with Crippen LogP contribution < -0.4 is 10.6 Å². The summed E-state index contributed by atoms with van der Waals surface area (Å²) >= 11 is 0. The van der Waals surface area contributed by atoms with Crippen molar-refractivity contribution in [3.05, 3.63) is 35.9 Å². The number of hydrogen-bond donors (Lipinski definition) is 2. The lowest BCUT2D eigenvalue weighted by Crippen LogP contribution is -2.50. The van der Waals surface area contributed by atoms with Crippen molar-refractivity contribution in [1.82, 2.24) is 15.5 Å². The third-order valence-corrected chi connectivity index (χ3v) is 5.30. The Labute approximate surface area is 163 Å². The summed E-state index contributed by atoms with van der Waals surface area (Å²) in [5.74, 6) is 0.691. The van der Waals surface area contributed by atoms with E-state index >= 15 is 0 Å². The Morgan fingerprint density at radius 1 is 1.15 bits per heavy atom. The van der Waals surface area contributed by atoms with Crippen LogP contribution in [0.3, 0.4) is 0 Å². The standard InChI is InChI=1S/C22H35N3O2/c1-17(2)21(24-20(26)16-19-8-5-4-6-9-19)22(27)23-12-7-13-25-14-10-18(3)11-15-25/h4-6,8-9,17-18,21H,7,10-16H2,1-3H3,(H,23,27)(H,24,26). The Morgan fingerprint density at radius 2 is 1.81 bits per heavy atom. The lowest BCUT2D eigenvalue weighted by atomic mass is 9.99. The molecule has 5 heteroatoms. The number of likely N-dealkylation sites (tertiary alicyclic amines) is 1. The van der Waals surface area contributed by atoms with Gasteiger partial charge in [0.1, 0.15) is 6.04 Å². The zero-order valence-electron chi connectivity index (χ0n) is 17.0. The van der Waals surface area contributed by atoms with Crippen molar-refractivity contribution in [2.45, 2.75) is 52.5 Å². The van der Waals surface area contributed by atoms with E-state index in [0.717, 1.165) is 24.4 Å². The first-order valence-corrected chi connectivity index (χ1v) is 10.3. The largest absolute Gasteiger partial charge is 0.354 e. The van der Waals surface area contributed by atoms with Crippen LogP contribution in [0, 0.1) is 11.8 Å². The molecule has 0 radical (unpaired) electrons. The van der Waals surface area contributed by atoms with Gasteiger partial charge in [-0.15, -0.1) is 0 Å². The van der Waals surface area contributed by atoms with Crippen LogP contribution in [-0.2, 0) is 16.0 Å². The van der Waals surface area contributed by atoms with Crippen LogP contribution in [0.1, 0.15) is 45.6 Å². The van der Waals surface area contributed by atoms with E-state index in [1.165, 1.54) is 25.9 Å². The predicted molar refractivity (Wildman–Crippen MR) is 109 cm³/mol. The number of piperidine rings is 1. The van der Waals surface area contributed by atoms with E-state index in [2.05, 4.69) is 22.5 Å². The third-order valence-electron chi connectivity index (χ3n) is 5.30. The van der Waals surface area contributed by atoms with Gasteiger partial charge in [-0.1, -0.05) is 51.1 Å². The number of carbonyl (C=O) groups is 2. The molecule has 1 heterocycles. The predicted octanol–water partition coefficient (Wildman–Crippen LogP) is 2.61. The molecule has 0 aliphatic carbocycles. The van der Waals surface area contributed by atoms with E-state index < -0.39 is 6.04 Å². The number of nitrogens with zero attached hydrogens (tertiary/aromatic N) is 1. The van der Waals surface area contributed by atoms with Gasteiger partial charge in [0.15, 0.2) is 0 Å². The number of amides is 2. The molecule has 2 N–H and O–H groups in total. The molecule has 1 aromatic rings. The number of nitrogens with one attached hydrogen (secondary N) is 2.